The lowest BCUT2D eigenvalue weighted by atomic mass is 10.1. The zero-order valence-electron chi connectivity index (χ0n) is 10.6. The average molecular weight is 270 g/mol. The maximum Gasteiger partial charge on any atom is 0.250 e. The molecule has 0 aromatic heterocycles. The highest BCUT2D eigenvalue weighted by atomic mass is 16.1. The standard InChI is InChI=1S/C14H14N4O2/c15-12-5-4-10(7-11(12)14(17)20)18-9-3-1-2-8(6-9)13(16)19/h1-7,18H,15H2,(H2,16,19)(H2,17,20). The largest absolute Gasteiger partial charge is 0.398 e. The van der Waals surface area contributed by atoms with E-state index in [-0.39, 0.29) is 5.56 Å². The smallest absolute Gasteiger partial charge is 0.250 e. The summed E-state index contributed by atoms with van der Waals surface area (Å²) in [7, 11) is 0. The van der Waals surface area contributed by atoms with Gasteiger partial charge in [0.15, 0.2) is 0 Å². The molecule has 0 atom stereocenters. The average Bonchev–Trinajstić information content (AvgIpc) is 2.41. The second kappa shape index (κ2) is 5.31. The number of carbonyl (C=O) groups is 2. The molecule has 7 N–H and O–H groups in total. The summed E-state index contributed by atoms with van der Waals surface area (Å²) in [6, 6.07) is 11.5. The fourth-order valence-corrected chi connectivity index (χ4v) is 1.76. The van der Waals surface area contributed by atoms with E-state index in [9.17, 15) is 9.59 Å². The molecule has 102 valence electrons. The van der Waals surface area contributed by atoms with Gasteiger partial charge in [-0.25, -0.2) is 0 Å². The van der Waals surface area contributed by atoms with Crippen molar-refractivity contribution in [2.24, 2.45) is 11.5 Å². The Labute approximate surface area is 115 Å². The molecule has 0 saturated heterocycles. The molecule has 0 unspecified atom stereocenters. The molecule has 0 saturated carbocycles. The summed E-state index contributed by atoms with van der Waals surface area (Å²) in [5.41, 5.74) is 18.3. The Hall–Kier alpha value is -3.02. The molecule has 0 spiro atoms. The number of carbonyl (C=O) groups excluding carboxylic acids is 2. The van der Waals surface area contributed by atoms with Crippen LogP contribution in [0.15, 0.2) is 42.5 Å². The molecule has 0 heterocycles. The van der Waals surface area contributed by atoms with Gasteiger partial charge in [0.2, 0.25) is 5.91 Å². The van der Waals surface area contributed by atoms with E-state index in [1.807, 2.05) is 0 Å². The molecule has 2 rings (SSSR count). The Bertz CT molecular complexity index is 683. The van der Waals surface area contributed by atoms with Crippen LogP contribution < -0.4 is 22.5 Å². The van der Waals surface area contributed by atoms with Crippen molar-refractivity contribution in [1.82, 2.24) is 0 Å². The number of nitrogens with one attached hydrogen (secondary N) is 1. The van der Waals surface area contributed by atoms with Crippen LogP contribution >= 0.6 is 0 Å². The highest BCUT2D eigenvalue weighted by Crippen LogP contribution is 2.22. The van der Waals surface area contributed by atoms with Crippen LogP contribution in [0.4, 0.5) is 17.1 Å². The van der Waals surface area contributed by atoms with E-state index < -0.39 is 11.8 Å². The van der Waals surface area contributed by atoms with Crippen LogP contribution in [0.2, 0.25) is 0 Å². The summed E-state index contributed by atoms with van der Waals surface area (Å²) < 4.78 is 0. The normalized spacial score (nSPS) is 10.0. The molecule has 2 aromatic carbocycles. The number of amides is 2. The van der Waals surface area contributed by atoms with Gasteiger partial charge in [0, 0.05) is 22.6 Å². The predicted octanol–water partition coefficient (Wildman–Crippen LogP) is 1.21. The topological polar surface area (TPSA) is 124 Å². The SMILES string of the molecule is NC(=O)c1cccc(Nc2ccc(N)c(C(N)=O)c2)c1. The van der Waals surface area contributed by atoms with E-state index in [2.05, 4.69) is 5.32 Å². The van der Waals surface area contributed by atoms with Crippen molar-refractivity contribution in [3.63, 3.8) is 0 Å². The molecule has 0 radical (unpaired) electrons. The molecule has 0 bridgehead atoms. The van der Waals surface area contributed by atoms with Gasteiger partial charge in [0.1, 0.15) is 0 Å². The molecule has 2 amide bonds. The van der Waals surface area contributed by atoms with E-state index in [1.165, 1.54) is 0 Å². The zero-order chi connectivity index (χ0) is 14.7. The van der Waals surface area contributed by atoms with Crippen LogP contribution in [0.25, 0.3) is 0 Å². The molecule has 0 fully saturated rings. The molecule has 0 aliphatic rings. The molecular formula is C14H14N4O2. The molecule has 20 heavy (non-hydrogen) atoms. The van der Waals surface area contributed by atoms with Gasteiger partial charge < -0.3 is 22.5 Å². The summed E-state index contributed by atoms with van der Waals surface area (Å²) in [4.78, 5) is 22.3. The van der Waals surface area contributed by atoms with Gasteiger partial charge in [-0.15, -0.1) is 0 Å². The van der Waals surface area contributed by atoms with Crippen molar-refractivity contribution in [2.75, 3.05) is 11.1 Å². The number of rotatable bonds is 4. The Morgan fingerprint density at radius 2 is 1.60 bits per heavy atom. The number of primary amides is 2. The van der Waals surface area contributed by atoms with Gasteiger partial charge in [-0.1, -0.05) is 6.07 Å². The predicted molar refractivity (Wildman–Crippen MR) is 77.6 cm³/mol. The van der Waals surface area contributed by atoms with Crippen LogP contribution in [0, 0.1) is 0 Å². The van der Waals surface area contributed by atoms with Crippen molar-refractivity contribution < 1.29 is 9.59 Å². The van der Waals surface area contributed by atoms with Gasteiger partial charge >= 0.3 is 0 Å². The summed E-state index contributed by atoms with van der Waals surface area (Å²) in [6.45, 7) is 0. The van der Waals surface area contributed by atoms with E-state index >= 15 is 0 Å². The van der Waals surface area contributed by atoms with Gasteiger partial charge in [-0.3, -0.25) is 9.59 Å². The van der Waals surface area contributed by atoms with Crippen molar-refractivity contribution in [3.8, 4) is 0 Å². The number of hydrogen-bond donors (Lipinski definition) is 4. The van der Waals surface area contributed by atoms with Gasteiger partial charge in [0.25, 0.3) is 5.91 Å². The molecule has 0 aliphatic heterocycles. The maximum atomic E-state index is 11.2. The number of nitrogens with two attached hydrogens (primary N) is 3. The molecule has 0 aliphatic carbocycles. The number of hydrogen-bond acceptors (Lipinski definition) is 4. The molecule has 2 aromatic rings. The summed E-state index contributed by atoms with van der Waals surface area (Å²) in [5.74, 6) is -1.11. The first kappa shape index (κ1) is 13.4. The van der Waals surface area contributed by atoms with Crippen LogP contribution in [0.3, 0.4) is 0 Å². The highest BCUT2D eigenvalue weighted by molar-refractivity contribution is 5.99. The number of benzene rings is 2. The van der Waals surface area contributed by atoms with E-state index in [4.69, 9.17) is 17.2 Å². The monoisotopic (exact) mass is 270 g/mol. The Morgan fingerprint density at radius 3 is 2.25 bits per heavy atom. The summed E-state index contributed by atoms with van der Waals surface area (Å²) in [5, 5.41) is 3.05. The van der Waals surface area contributed by atoms with Gasteiger partial charge in [-0.2, -0.15) is 0 Å². The van der Waals surface area contributed by atoms with Crippen molar-refractivity contribution in [2.45, 2.75) is 0 Å². The molecule has 6 nitrogen and oxygen atoms in total. The summed E-state index contributed by atoms with van der Waals surface area (Å²) >= 11 is 0. The fourth-order valence-electron chi connectivity index (χ4n) is 1.76. The first-order valence-electron chi connectivity index (χ1n) is 5.83. The second-order valence-corrected chi connectivity index (χ2v) is 4.24. The van der Waals surface area contributed by atoms with Crippen molar-refractivity contribution in [3.05, 3.63) is 53.6 Å². The lowest BCUT2D eigenvalue weighted by Gasteiger charge is -2.09. The van der Waals surface area contributed by atoms with E-state index in [1.54, 1.807) is 42.5 Å². The lowest BCUT2D eigenvalue weighted by Crippen LogP contribution is -2.13. The fraction of sp³-hybridized carbons (Fsp3) is 0. The third kappa shape index (κ3) is 2.86. The maximum absolute atomic E-state index is 11.2. The minimum absolute atomic E-state index is 0.237. The minimum atomic E-state index is -0.600. The van der Waals surface area contributed by atoms with Gasteiger partial charge in [0.05, 0.1) is 5.56 Å². The zero-order valence-corrected chi connectivity index (χ0v) is 10.6. The Morgan fingerprint density at radius 1 is 0.900 bits per heavy atom. The molecular weight excluding hydrogens is 256 g/mol. The second-order valence-electron chi connectivity index (χ2n) is 4.24. The number of anilines is 3. The van der Waals surface area contributed by atoms with E-state index in [0.29, 0.717) is 22.6 Å². The van der Waals surface area contributed by atoms with Gasteiger partial charge in [-0.05, 0) is 36.4 Å². The highest BCUT2D eigenvalue weighted by Gasteiger charge is 2.07. The third-order valence-electron chi connectivity index (χ3n) is 2.75. The first-order valence-corrected chi connectivity index (χ1v) is 5.83. The summed E-state index contributed by atoms with van der Waals surface area (Å²) in [6.07, 6.45) is 0. The van der Waals surface area contributed by atoms with Crippen LogP contribution in [-0.2, 0) is 0 Å². The Kier molecular flexibility index (Phi) is 3.56. The van der Waals surface area contributed by atoms with Crippen LogP contribution in [-0.4, -0.2) is 11.8 Å². The van der Waals surface area contributed by atoms with Crippen molar-refractivity contribution in [1.29, 1.82) is 0 Å². The Balaban J connectivity index is 2.30. The van der Waals surface area contributed by atoms with Crippen LogP contribution in [0.5, 0.6) is 0 Å². The minimum Gasteiger partial charge on any atom is -0.398 e. The first-order chi connectivity index (χ1) is 9.47. The molecule has 6 heteroatoms. The number of nitrogen functional groups attached to an aromatic ring is 1. The van der Waals surface area contributed by atoms with Crippen molar-refractivity contribution >= 4 is 28.9 Å². The van der Waals surface area contributed by atoms with Crippen LogP contribution in [0.1, 0.15) is 20.7 Å². The third-order valence-corrected chi connectivity index (χ3v) is 2.75. The lowest BCUT2D eigenvalue weighted by molar-refractivity contribution is 0.0992. The quantitative estimate of drug-likeness (QED) is 0.623. The van der Waals surface area contributed by atoms with E-state index in [0.717, 1.165) is 0 Å².